The molecule has 1 fully saturated rings. The summed E-state index contributed by atoms with van der Waals surface area (Å²) >= 11 is 0. The number of benzene rings is 2. The third-order valence-electron chi connectivity index (χ3n) is 5.26. The number of aldehydes is 1. The second-order valence-corrected chi connectivity index (χ2v) is 7.78. The van der Waals surface area contributed by atoms with Crippen molar-refractivity contribution in [3.63, 3.8) is 0 Å². The van der Waals surface area contributed by atoms with E-state index in [1.165, 1.54) is 0 Å². The Morgan fingerprint density at radius 1 is 1.16 bits per heavy atom. The van der Waals surface area contributed by atoms with E-state index in [-0.39, 0.29) is 5.76 Å². The van der Waals surface area contributed by atoms with Gasteiger partial charge >= 0.3 is 6.09 Å². The maximum absolute atomic E-state index is 12.4. The lowest BCUT2D eigenvalue weighted by molar-refractivity contribution is -0.109. The van der Waals surface area contributed by atoms with Crippen molar-refractivity contribution in [3.8, 4) is 11.8 Å². The number of aromatic nitrogens is 1. The first-order valence-electron chi connectivity index (χ1n) is 10.3. The molecule has 1 aromatic heterocycles. The molecule has 1 aliphatic carbocycles. The third-order valence-corrected chi connectivity index (χ3v) is 5.26. The van der Waals surface area contributed by atoms with Crippen LogP contribution in [0.1, 0.15) is 48.5 Å². The van der Waals surface area contributed by atoms with E-state index in [0.717, 1.165) is 35.9 Å². The highest BCUT2D eigenvalue weighted by Gasteiger charge is 2.42. The summed E-state index contributed by atoms with van der Waals surface area (Å²) in [5, 5.41) is 9.82. The van der Waals surface area contributed by atoms with Crippen molar-refractivity contribution in [1.29, 1.82) is 0 Å². The van der Waals surface area contributed by atoms with Gasteiger partial charge in [0.1, 0.15) is 23.8 Å². The maximum Gasteiger partial charge on any atom is 0.412 e. The van der Waals surface area contributed by atoms with Crippen LogP contribution in [0.3, 0.4) is 0 Å². The Morgan fingerprint density at radius 2 is 1.88 bits per heavy atom. The number of rotatable bonds is 6. The average Bonchev–Trinajstić information content (AvgIpc) is 3.51. The van der Waals surface area contributed by atoms with Crippen LogP contribution in [0.15, 0.2) is 59.1 Å². The summed E-state index contributed by atoms with van der Waals surface area (Å²) in [6.45, 7) is 3.51. The van der Waals surface area contributed by atoms with E-state index in [1.54, 1.807) is 13.8 Å². The van der Waals surface area contributed by atoms with Crippen molar-refractivity contribution in [2.45, 2.75) is 38.3 Å². The third kappa shape index (κ3) is 4.98. The van der Waals surface area contributed by atoms with Gasteiger partial charge in [-0.15, -0.1) is 0 Å². The number of hydrogen-bond donors (Lipinski definition) is 2. The van der Waals surface area contributed by atoms with Crippen LogP contribution < -0.4 is 10.6 Å². The van der Waals surface area contributed by atoms with E-state index in [2.05, 4.69) is 27.6 Å². The number of carbonyl (C=O) groups is 2. The fraction of sp³-hybridized carbons (Fsp3) is 0.240. The van der Waals surface area contributed by atoms with Crippen LogP contribution in [0, 0.1) is 18.8 Å². The van der Waals surface area contributed by atoms with Gasteiger partial charge in [-0.05, 0) is 62.4 Å². The number of nitrogens with zero attached hydrogens (tertiary/aromatic N) is 1. The summed E-state index contributed by atoms with van der Waals surface area (Å²) in [7, 11) is 0. The molecular weight excluding hydrogens is 406 g/mol. The number of aryl methyl sites for hydroxylation is 1. The molecule has 1 heterocycles. The van der Waals surface area contributed by atoms with Crippen molar-refractivity contribution in [1.82, 2.24) is 5.16 Å². The predicted octanol–water partition coefficient (Wildman–Crippen LogP) is 4.84. The highest BCUT2D eigenvalue weighted by Crippen LogP contribution is 2.36. The molecule has 4 rings (SSSR count). The molecule has 3 aromatic rings. The Bertz CT molecular complexity index is 1170. The van der Waals surface area contributed by atoms with Gasteiger partial charge in [-0.1, -0.05) is 41.4 Å². The molecule has 1 amide bonds. The average molecular weight is 429 g/mol. The van der Waals surface area contributed by atoms with Crippen LogP contribution in [-0.4, -0.2) is 23.1 Å². The van der Waals surface area contributed by atoms with Crippen LogP contribution >= 0.6 is 0 Å². The summed E-state index contributed by atoms with van der Waals surface area (Å²) in [6.07, 6.45) is 1.64. The molecule has 0 spiro atoms. The first-order valence-corrected chi connectivity index (χ1v) is 10.3. The molecule has 162 valence electrons. The minimum atomic E-state index is -0.615. The second-order valence-electron chi connectivity index (χ2n) is 7.78. The standard InChI is InChI=1S/C25H23N3O4/c1-17-23(26-24(30)31-18(2)20-6-4-3-5-7-20)22(32-28-17)13-10-19-8-11-21(12-9-19)27-25(16-29)14-15-25/h3-9,11-12,16,18,27H,14-15H2,1-2H3,(H,26,30)/t18-/m1/s1. The SMILES string of the molecule is Cc1noc(C#Cc2ccc(NC3(C=O)CC3)cc2)c1NC(=O)O[C@H](C)c1ccccc1. The molecule has 1 saturated carbocycles. The Morgan fingerprint density at radius 3 is 2.53 bits per heavy atom. The first kappa shape index (κ1) is 21.2. The van der Waals surface area contributed by atoms with Gasteiger partial charge in [0.2, 0.25) is 5.76 Å². The van der Waals surface area contributed by atoms with Crippen LogP contribution in [0.4, 0.5) is 16.2 Å². The maximum atomic E-state index is 12.4. The quantitative estimate of drug-likeness (QED) is 0.430. The van der Waals surface area contributed by atoms with Gasteiger partial charge in [0.15, 0.2) is 0 Å². The molecule has 1 aliphatic rings. The van der Waals surface area contributed by atoms with Gasteiger partial charge in [-0.3, -0.25) is 5.32 Å². The molecule has 2 N–H and O–H groups in total. The molecule has 32 heavy (non-hydrogen) atoms. The van der Waals surface area contributed by atoms with E-state index >= 15 is 0 Å². The van der Waals surface area contributed by atoms with Gasteiger partial charge in [0, 0.05) is 11.3 Å². The van der Waals surface area contributed by atoms with E-state index < -0.39 is 17.7 Å². The molecule has 0 bridgehead atoms. The lowest BCUT2D eigenvalue weighted by atomic mass is 10.1. The minimum absolute atomic E-state index is 0.243. The Kier molecular flexibility index (Phi) is 5.95. The van der Waals surface area contributed by atoms with E-state index in [0.29, 0.717) is 11.4 Å². The second kappa shape index (κ2) is 8.98. The highest BCUT2D eigenvalue weighted by atomic mass is 16.6. The van der Waals surface area contributed by atoms with E-state index in [9.17, 15) is 9.59 Å². The molecule has 0 saturated heterocycles. The van der Waals surface area contributed by atoms with E-state index in [4.69, 9.17) is 9.26 Å². The zero-order valence-electron chi connectivity index (χ0n) is 17.8. The largest absolute Gasteiger partial charge is 0.441 e. The zero-order valence-corrected chi connectivity index (χ0v) is 17.8. The number of hydrogen-bond acceptors (Lipinski definition) is 6. The Labute approximate surface area is 186 Å². The molecule has 7 nitrogen and oxygen atoms in total. The molecule has 2 aromatic carbocycles. The van der Waals surface area contributed by atoms with Crippen LogP contribution in [0.2, 0.25) is 0 Å². The molecule has 0 unspecified atom stereocenters. The molecule has 0 aliphatic heterocycles. The fourth-order valence-corrected chi connectivity index (χ4v) is 3.15. The number of anilines is 2. The molecule has 0 radical (unpaired) electrons. The van der Waals surface area contributed by atoms with Crippen molar-refractivity contribution >= 4 is 23.8 Å². The number of ether oxygens (including phenoxy) is 1. The van der Waals surface area contributed by atoms with Gasteiger partial charge in [0.05, 0.1) is 5.54 Å². The summed E-state index contributed by atoms with van der Waals surface area (Å²) in [5.41, 5.74) is 2.99. The molecule has 7 heteroatoms. The monoisotopic (exact) mass is 429 g/mol. The number of carbonyl (C=O) groups excluding carboxylic acids is 2. The summed E-state index contributed by atoms with van der Waals surface area (Å²) in [4.78, 5) is 23.5. The van der Waals surface area contributed by atoms with Crippen molar-refractivity contribution in [2.75, 3.05) is 10.6 Å². The topological polar surface area (TPSA) is 93.5 Å². The fourth-order valence-electron chi connectivity index (χ4n) is 3.15. The minimum Gasteiger partial charge on any atom is -0.441 e. The van der Waals surface area contributed by atoms with Crippen molar-refractivity contribution in [3.05, 3.63) is 77.2 Å². The lowest BCUT2D eigenvalue weighted by Crippen LogP contribution is -2.22. The van der Waals surface area contributed by atoms with E-state index in [1.807, 2.05) is 54.6 Å². The molecular formula is C25H23N3O4. The van der Waals surface area contributed by atoms with Crippen LogP contribution in [0.5, 0.6) is 0 Å². The lowest BCUT2D eigenvalue weighted by Gasteiger charge is -2.13. The van der Waals surface area contributed by atoms with Gasteiger partial charge in [-0.2, -0.15) is 0 Å². The summed E-state index contributed by atoms with van der Waals surface area (Å²) in [5.74, 6) is 6.15. The van der Waals surface area contributed by atoms with Crippen LogP contribution in [-0.2, 0) is 9.53 Å². The Hall–Kier alpha value is -4.05. The van der Waals surface area contributed by atoms with Gasteiger partial charge in [0.25, 0.3) is 0 Å². The highest BCUT2D eigenvalue weighted by molar-refractivity contribution is 5.87. The first-order chi connectivity index (χ1) is 15.5. The number of nitrogens with one attached hydrogen (secondary N) is 2. The van der Waals surface area contributed by atoms with Crippen molar-refractivity contribution < 1.29 is 18.8 Å². The zero-order chi connectivity index (χ0) is 22.6. The normalized spacial score (nSPS) is 14.4. The van der Waals surface area contributed by atoms with Gasteiger partial charge < -0.3 is 19.4 Å². The van der Waals surface area contributed by atoms with Crippen LogP contribution in [0.25, 0.3) is 0 Å². The predicted molar refractivity (Wildman–Crippen MR) is 120 cm³/mol. The van der Waals surface area contributed by atoms with Crippen molar-refractivity contribution in [2.24, 2.45) is 0 Å². The Balaban J connectivity index is 1.41. The number of amides is 1. The molecule has 1 atom stereocenters. The van der Waals surface area contributed by atoms with Gasteiger partial charge in [-0.25, -0.2) is 4.79 Å². The summed E-state index contributed by atoms with van der Waals surface area (Å²) < 4.78 is 10.7. The summed E-state index contributed by atoms with van der Waals surface area (Å²) in [6, 6.07) is 16.9. The smallest absolute Gasteiger partial charge is 0.412 e.